The highest BCUT2D eigenvalue weighted by atomic mass is 35.5. The van der Waals surface area contributed by atoms with Crippen LogP contribution in [0.4, 0.5) is 0 Å². The quantitative estimate of drug-likeness (QED) is 0.602. The maximum absolute atomic E-state index is 10.6. The van der Waals surface area contributed by atoms with Crippen LogP contribution < -0.4 is 0 Å². The van der Waals surface area contributed by atoms with Crippen molar-refractivity contribution in [2.75, 3.05) is 13.2 Å². The van der Waals surface area contributed by atoms with Crippen LogP contribution in [0.1, 0.15) is 26.2 Å². The maximum atomic E-state index is 10.6. The van der Waals surface area contributed by atoms with Gasteiger partial charge in [0.2, 0.25) is 5.24 Å². The fourth-order valence-corrected chi connectivity index (χ4v) is 1.70. The summed E-state index contributed by atoms with van der Waals surface area (Å²) in [4.78, 5) is 10.6. The minimum absolute atomic E-state index is 0.0943. The van der Waals surface area contributed by atoms with Gasteiger partial charge in [0.25, 0.3) is 0 Å². The van der Waals surface area contributed by atoms with E-state index in [0.717, 1.165) is 26.1 Å². The number of rotatable bonds is 2. The first-order valence-corrected chi connectivity index (χ1v) is 4.26. The van der Waals surface area contributed by atoms with Crippen molar-refractivity contribution in [1.82, 2.24) is 0 Å². The Kier molecular flexibility index (Phi) is 2.90. The molecule has 0 unspecified atom stereocenters. The molecule has 1 aliphatic heterocycles. The number of carbonyl (C=O) groups excluding carboxylic acids is 1. The molecule has 1 aliphatic rings. The summed E-state index contributed by atoms with van der Waals surface area (Å²) in [5, 5.41) is -0.227. The molecule has 0 N–H and O–H groups in total. The highest BCUT2D eigenvalue weighted by molar-refractivity contribution is 6.63. The van der Waals surface area contributed by atoms with Crippen molar-refractivity contribution in [3.63, 3.8) is 0 Å². The highest BCUT2D eigenvalue weighted by Crippen LogP contribution is 2.33. The van der Waals surface area contributed by atoms with Crippen LogP contribution >= 0.6 is 11.6 Å². The molecule has 0 aromatic rings. The van der Waals surface area contributed by atoms with Crippen molar-refractivity contribution in [2.45, 2.75) is 26.2 Å². The van der Waals surface area contributed by atoms with Crippen molar-refractivity contribution in [3.05, 3.63) is 0 Å². The fraction of sp³-hybridized carbons (Fsp3) is 0.875. The van der Waals surface area contributed by atoms with Gasteiger partial charge in [-0.25, -0.2) is 0 Å². The van der Waals surface area contributed by atoms with E-state index in [0.29, 0.717) is 6.42 Å². The monoisotopic (exact) mass is 176 g/mol. The van der Waals surface area contributed by atoms with E-state index < -0.39 is 0 Å². The van der Waals surface area contributed by atoms with Gasteiger partial charge in [-0.15, -0.1) is 0 Å². The van der Waals surface area contributed by atoms with Gasteiger partial charge in [0.1, 0.15) is 0 Å². The molecule has 0 atom stereocenters. The molecule has 0 aromatic heterocycles. The molecule has 0 radical (unpaired) electrons. The molecule has 11 heavy (non-hydrogen) atoms. The lowest BCUT2D eigenvalue weighted by Crippen LogP contribution is -2.27. The lowest BCUT2D eigenvalue weighted by Gasteiger charge is -2.31. The first-order chi connectivity index (χ1) is 5.12. The molecule has 1 saturated heterocycles. The second kappa shape index (κ2) is 3.55. The van der Waals surface area contributed by atoms with Crippen LogP contribution in [0.2, 0.25) is 0 Å². The number of carbonyl (C=O) groups is 1. The van der Waals surface area contributed by atoms with Crippen LogP contribution in [0, 0.1) is 5.41 Å². The van der Waals surface area contributed by atoms with E-state index in [-0.39, 0.29) is 10.7 Å². The van der Waals surface area contributed by atoms with Gasteiger partial charge < -0.3 is 4.74 Å². The van der Waals surface area contributed by atoms with Crippen molar-refractivity contribution in [1.29, 1.82) is 0 Å². The van der Waals surface area contributed by atoms with E-state index in [4.69, 9.17) is 16.3 Å². The number of hydrogen-bond acceptors (Lipinski definition) is 2. The first-order valence-electron chi connectivity index (χ1n) is 3.88. The second-order valence-electron chi connectivity index (χ2n) is 3.45. The maximum Gasteiger partial charge on any atom is 0.222 e. The van der Waals surface area contributed by atoms with Crippen molar-refractivity contribution >= 4 is 16.8 Å². The molecule has 0 saturated carbocycles. The van der Waals surface area contributed by atoms with E-state index >= 15 is 0 Å². The molecule has 0 amide bonds. The standard InChI is InChI=1S/C8H13ClO2/c1-8(6-7(9)10)2-4-11-5-3-8/h2-6H2,1H3. The van der Waals surface area contributed by atoms with Crippen LogP contribution in [0.5, 0.6) is 0 Å². The molecule has 1 heterocycles. The average molecular weight is 177 g/mol. The summed E-state index contributed by atoms with van der Waals surface area (Å²) < 4.78 is 5.19. The smallest absolute Gasteiger partial charge is 0.222 e. The summed E-state index contributed by atoms with van der Waals surface area (Å²) in [7, 11) is 0. The zero-order chi connectivity index (χ0) is 8.32. The number of hydrogen-bond donors (Lipinski definition) is 0. The average Bonchev–Trinajstić information content (AvgIpc) is 1.85. The Hall–Kier alpha value is -0.0800. The molecule has 1 fully saturated rings. The summed E-state index contributed by atoms with van der Waals surface area (Å²) in [5.74, 6) is 0. The van der Waals surface area contributed by atoms with E-state index in [1.165, 1.54) is 0 Å². The van der Waals surface area contributed by atoms with E-state index in [1.54, 1.807) is 0 Å². The van der Waals surface area contributed by atoms with Crippen LogP contribution in [-0.4, -0.2) is 18.5 Å². The third kappa shape index (κ3) is 2.80. The normalized spacial score (nSPS) is 23.1. The highest BCUT2D eigenvalue weighted by Gasteiger charge is 2.29. The predicted octanol–water partition coefficient (Wildman–Crippen LogP) is 1.96. The zero-order valence-corrected chi connectivity index (χ0v) is 7.49. The van der Waals surface area contributed by atoms with Crippen LogP contribution in [0.25, 0.3) is 0 Å². The Morgan fingerprint density at radius 3 is 2.55 bits per heavy atom. The van der Waals surface area contributed by atoms with Gasteiger partial charge in [-0.05, 0) is 29.9 Å². The first kappa shape index (κ1) is 9.01. The lowest BCUT2D eigenvalue weighted by molar-refractivity contribution is -0.115. The van der Waals surface area contributed by atoms with Gasteiger partial charge in [-0.1, -0.05) is 6.92 Å². The van der Waals surface area contributed by atoms with Crippen LogP contribution in [-0.2, 0) is 9.53 Å². The summed E-state index contributed by atoms with van der Waals surface area (Å²) in [6.07, 6.45) is 2.38. The van der Waals surface area contributed by atoms with Gasteiger partial charge in [0.05, 0.1) is 0 Å². The van der Waals surface area contributed by atoms with Gasteiger partial charge in [0, 0.05) is 19.6 Å². The zero-order valence-electron chi connectivity index (χ0n) is 6.73. The SMILES string of the molecule is CC1(CC(=O)Cl)CCOCC1. The van der Waals surface area contributed by atoms with Crippen molar-refractivity contribution in [2.24, 2.45) is 5.41 Å². The molecular weight excluding hydrogens is 164 g/mol. The van der Waals surface area contributed by atoms with E-state index in [2.05, 4.69) is 6.92 Å². The predicted molar refractivity (Wildman–Crippen MR) is 43.6 cm³/mol. The summed E-state index contributed by atoms with van der Waals surface area (Å²) in [6.45, 7) is 3.62. The minimum atomic E-state index is -0.227. The molecule has 3 heteroatoms. The summed E-state index contributed by atoms with van der Waals surface area (Å²) >= 11 is 5.32. The number of halogens is 1. The molecule has 0 spiro atoms. The third-order valence-electron chi connectivity index (χ3n) is 2.27. The molecule has 0 aliphatic carbocycles. The molecule has 0 aromatic carbocycles. The van der Waals surface area contributed by atoms with Gasteiger partial charge in [-0.3, -0.25) is 4.79 Å². The van der Waals surface area contributed by atoms with E-state index in [1.807, 2.05) is 0 Å². The Bertz CT molecular complexity index is 150. The lowest BCUT2D eigenvalue weighted by atomic mass is 9.80. The van der Waals surface area contributed by atoms with Crippen molar-refractivity contribution < 1.29 is 9.53 Å². The van der Waals surface area contributed by atoms with Gasteiger partial charge in [-0.2, -0.15) is 0 Å². The van der Waals surface area contributed by atoms with Crippen LogP contribution in [0.3, 0.4) is 0 Å². The molecular formula is C8H13ClO2. The van der Waals surface area contributed by atoms with Gasteiger partial charge >= 0.3 is 0 Å². The Morgan fingerprint density at radius 1 is 1.55 bits per heavy atom. The Balaban J connectivity index is 2.43. The fourth-order valence-electron chi connectivity index (χ4n) is 1.38. The molecule has 0 bridgehead atoms. The Labute approximate surface area is 71.9 Å². The molecule has 1 rings (SSSR count). The van der Waals surface area contributed by atoms with Gasteiger partial charge in [0.15, 0.2) is 0 Å². The minimum Gasteiger partial charge on any atom is -0.381 e. The largest absolute Gasteiger partial charge is 0.381 e. The number of ether oxygens (including phenoxy) is 1. The van der Waals surface area contributed by atoms with E-state index in [9.17, 15) is 4.79 Å². The summed E-state index contributed by atoms with van der Waals surface area (Å²) in [5.41, 5.74) is 0.0943. The summed E-state index contributed by atoms with van der Waals surface area (Å²) in [6, 6.07) is 0. The topological polar surface area (TPSA) is 26.3 Å². The second-order valence-corrected chi connectivity index (χ2v) is 3.88. The molecule has 2 nitrogen and oxygen atoms in total. The molecule has 64 valence electrons. The third-order valence-corrected chi connectivity index (χ3v) is 2.40. The van der Waals surface area contributed by atoms with Crippen molar-refractivity contribution in [3.8, 4) is 0 Å². The Morgan fingerprint density at radius 2 is 2.09 bits per heavy atom. The van der Waals surface area contributed by atoms with Crippen LogP contribution in [0.15, 0.2) is 0 Å².